The largest absolute Gasteiger partial charge is 0.393 e. The van der Waals surface area contributed by atoms with Crippen LogP contribution in [-0.4, -0.2) is 16.1 Å². The third-order valence-corrected chi connectivity index (χ3v) is 3.12. The van der Waals surface area contributed by atoms with Gasteiger partial charge in [0, 0.05) is 18.1 Å². The van der Waals surface area contributed by atoms with Gasteiger partial charge in [-0.3, -0.25) is 10.1 Å². The molecule has 0 heterocycles. The Morgan fingerprint density at radius 3 is 2.61 bits per heavy atom. The number of nitro benzene ring substituents is 1. The highest BCUT2D eigenvalue weighted by molar-refractivity contribution is 9.10. The third-order valence-electron chi connectivity index (χ3n) is 2.52. The molecule has 1 rings (SSSR count). The van der Waals surface area contributed by atoms with E-state index >= 15 is 0 Å². The molecule has 1 N–H and O–H groups in total. The Balaban J connectivity index is 3.00. The minimum atomic E-state index is -0.704. The summed E-state index contributed by atoms with van der Waals surface area (Å²) in [6.07, 6.45) is -0.0997. The molecule has 1 unspecified atom stereocenters. The maximum Gasteiger partial charge on any atom is 0.274 e. The second-order valence-corrected chi connectivity index (χ2v) is 5.49. The minimum Gasteiger partial charge on any atom is -0.393 e. The molecule has 0 saturated heterocycles. The Morgan fingerprint density at radius 1 is 1.50 bits per heavy atom. The highest BCUT2D eigenvalue weighted by Gasteiger charge is 2.20. The number of hydrogen-bond donors (Lipinski definition) is 1. The van der Waals surface area contributed by atoms with Crippen molar-refractivity contribution in [1.82, 2.24) is 0 Å². The summed E-state index contributed by atoms with van der Waals surface area (Å²) in [7, 11) is 0. The van der Waals surface area contributed by atoms with Crippen molar-refractivity contribution >= 4 is 21.6 Å². The number of hydrogen-bond acceptors (Lipinski definition) is 3. The molecule has 0 fully saturated rings. The molecule has 0 aliphatic carbocycles. The van der Waals surface area contributed by atoms with Crippen LogP contribution < -0.4 is 0 Å². The maximum absolute atomic E-state index is 13.4. The molecule has 0 bridgehead atoms. The van der Waals surface area contributed by atoms with E-state index in [1.807, 2.05) is 13.8 Å². The second kappa shape index (κ2) is 6.24. The van der Waals surface area contributed by atoms with Crippen LogP contribution in [0, 0.1) is 21.8 Å². The monoisotopic (exact) mass is 319 g/mol. The van der Waals surface area contributed by atoms with Gasteiger partial charge in [0.15, 0.2) is 0 Å². The molecule has 0 aromatic heterocycles. The van der Waals surface area contributed by atoms with E-state index in [0.29, 0.717) is 6.42 Å². The zero-order valence-electron chi connectivity index (χ0n) is 10.2. The molecule has 0 spiro atoms. The number of halogens is 2. The van der Waals surface area contributed by atoms with Gasteiger partial charge in [-0.1, -0.05) is 13.8 Å². The molecule has 100 valence electrons. The molecule has 0 saturated carbocycles. The highest BCUT2D eigenvalue weighted by Crippen LogP contribution is 2.28. The first-order valence-electron chi connectivity index (χ1n) is 5.61. The average Bonchev–Trinajstić information content (AvgIpc) is 2.21. The fourth-order valence-corrected chi connectivity index (χ4v) is 2.12. The predicted octanol–water partition coefficient (Wildman–Crippen LogP) is 3.45. The Bertz CT molecular complexity index is 451. The van der Waals surface area contributed by atoms with Gasteiger partial charge in [0.2, 0.25) is 0 Å². The van der Waals surface area contributed by atoms with Gasteiger partial charge in [0.05, 0.1) is 15.5 Å². The molecule has 0 radical (unpaired) electrons. The normalized spacial score (nSPS) is 12.8. The fraction of sp³-hybridized carbons (Fsp3) is 0.500. The van der Waals surface area contributed by atoms with E-state index in [2.05, 4.69) is 15.9 Å². The van der Waals surface area contributed by atoms with E-state index in [-0.39, 0.29) is 28.1 Å². The number of rotatable bonds is 5. The van der Waals surface area contributed by atoms with Gasteiger partial charge < -0.3 is 5.11 Å². The van der Waals surface area contributed by atoms with Crippen LogP contribution in [0.1, 0.15) is 25.8 Å². The van der Waals surface area contributed by atoms with Crippen LogP contribution in [0.15, 0.2) is 16.6 Å². The minimum absolute atomic E-state index is 0.0521. The van der Waals surface area contributed by atoms with Crippen molar-refractivity contribution in [2.75, 3.05) is 0 Å². The molecule has 1 aromatic rings. The fourth-order valence-electron chi connectivity index (χ4n) is 1.79. The van der Waals surface area contributed by atoms with Gasteiger partial charge in [-0.05, 0) is 34.3 Å². The Kier molecular flexibility index (Phi) is 5.22. The Morgan fingerprint density at radius 2 is 2.11 bits per heavy atom. The smallest absolute Gasteiger partial charge is 0.274 e. The van der Waals surface area contributed by atoms with Gasteiger partial charge in [0.1, 0.15) is 5.82 Å². The lowest BCUT2D eigenvalue weighted by molar-refractivity contribution is -0.385. The zero-order valence-corrected chi connectivity index (χ0v) is 11.8. The zero-order chi connectivity index (χ0) is 13.9. The van der Waals surface area contributed by atoms with E-state index in [1.54, 1.807) is 0 Å². The van der Waals surface area contributed by atoms with Gasteiger partial charge in [-0.2, -0.15) is 0 Å². The quantitative estimate of drug-likeness (QED) is 0.668. The summed E-state index contributed by atoms with van der Waals surface area (Å²) in [5.74, 6) is -0.285. The van der Waals surface area contributed by atoms with Crippen molar-refractivity contribution in [3.63, 3.8) is 0 Å². The molecule has 4 nitrogen and oxygen atoms in total. The molecule has 18 heavy (non-hydrogen) atoms. The molecule has 6 heteroatoms. The lowest BCUT2D eigenvalue weighted by Crippen LogP contribution is -2.14. The standard InChI is InChI=1S/C12H15BrFNO3/c1-7(2)3-9(16)4-8-5-11(14)10(13)6-12(8)15(17)18/h5-7,9,16H,3-4H2,1-2H3. The average molecular weight is 320 g/mol. The summed E-state index contributed by atoms with van der Waals surface area (Å²) < 4.78 is 13.4. The predicted molar refractivity (Wildman–Crippen MR) is 69.9 cm³/mol. The van der Waals surface area contributed by atoms with Crippen LogP contribution in [0.5, 0.6) is 0 Å². The first-order chi connectivity index (χ1) is 8.31. The van der Waals surface area contributed by atoms with Gasteiger partial charge in [-0.15, -0.1) is 0 Å². The third kappa shape index (κ3) is 4.03. The van der Waals surface area contributed by atoms with Crippen molar-refractivity contribution in [3.8, 4) is 0 Å². The Labute approximate surface area is 113 Å². The first-order valence-corrected chi connectivity index (χ1v) is 6.41. The molecular formula is C12H15BrFNO3. The van der Waals surface area contributed by atoms with Crippen LogP contribution in [0.3, 0.4) is 0 Å². The molecule has 1 aromatic carbocycles. The summed E-state index contributed by atoms with van der Waals surface area (Å²) in [6, 6.07) is 2.23. The number of nitrogens with zero attached hydrogens (tertiary/aromatic N) is 1. The lowest BCUT2D eigenvalue weighted by Gasteiger charge is -2.13. The lowest BCUT2D eigenvalue weighted by atomic mass is 9.98. The summed E-state index contributed by atoms with van der Waals surface area (Å²) in [5.41, 5.74) is 0.0416. The van der Waals surface area contributed by atoms with Crippen molar-refractivity contribution in [2.24, 2.45) is 5.92 Å². The summed E-state index contributed by atoms with van der Waals surface area (Å²) >= 11 is 2.91. The van der Waals surface area contributed by atoms with Crippen LogP contribution in [0.2, 0.25) is 0 Å². The summed E-state index contributed by atoms with van der Waals surface area (Å²) in [5, 5.41) is 20.7. The summed E-state index contributed by atoms with van der Waals surface area (Å²) in [6.45, 7) is 3.89. The van der Waals surface area contributed by atoms with Crippen LogP contribution in [-0.2, 0) is 6.42 Å². The number of aliphatic hydroxyl groups is 1. The second-order valence-electron chi connectivity index (χ2n) is 4.64. The number of benzene rings is 1. The van der Waals surface area contributed by atoms with Crippen molar-refractivity contribution < 1.29 is 14.4 Å². The van der Waals surface area contributed by atoms with Crippen molar-refractivity contribution in [1.29, 1.82) is 0 Å². The molecular weight excluding hydrogens is 305 g/mol. The molecule has 0 amide bonds. The van der Waals surface area contributed by atoms with Crippen molar-refractivity contribution in [2.45, 2.75) is 32.8 Å². The number of nitro groups is 1. The van der Waals surface area contributed by atoms with Gasteiger partial charge in [0.25, 0.3) is 5.69 Å². The van der Waals surface area contributed by atoms with Crippen molar-refractivity contribution in [3.05, 3.63) is 38.1 Å². The van der Waals surface area contributed by atoms with Crippen LogP contribution >= 0.6 is 15.9 Å². The topological polar surface area (TPSA) is 63.4 Å². The Hall–Kier alpha value is -1.01. The van der Waals surface area contributed by atoms with E-state index in [0.717, 1.165) is 12.1 Å². The number of aliphatic hydroxyl groups excluding tert-OH is 1. The summed E-state index contributed by atoms with van der Waals surface area (Å²) in [4.78, 5) is 10.3. The van der Waals surface area contributed by atoms with E-state index in [9.17, 15) is 19.6 Å². The maximum atomic E-state index is 13.4. The van der Waals surface area contributed by atoms with Gasteiger partial charge in [-0.25, -0.2) is 4.39 Å². The molecule has 1 atom stereocenters. The molecule has 0 aliphatic rings. The van der Waals surface area contributed by atoms with Crippen LogP contribution in [0.25, 0.3) is 0 Å². The SMILES string of the molecule is CC(C)CC(O)Cc1cc(F)c(Br)cc1[N+](=O)[O-]. The highest BCUT2D eigenvalue weighted by atomic mass is 79.9. The van der Waals surface area contributed by atoms with E-state index in [4.69, 9.17) is 0 Å². The van der Waals surface area contributed by atoms with E-state index < -0.39 is 16.8 Å². The van der Waals surface area contributed by atoms with Gasteiger partial charge >= 0.3 is 0 Å². The van der Waals surface area contributed by atoms with Crippen LogP contribution in [0.4, 0.5) is 10.1 Å². The van der Waals surface area contributed by atoms with E-state index in [1.165, 1.54) is 0 Å². The first kappa shape index (κ1) is 15.0. The molecule has 0 aliphatic heterocycles.